The van der Waals surface area contributed by atoms with Crippen LogP contribution in [0.5, 0.6) is 5.75 Å². The first kappa shape index (κ1) is 21.5. The van der Waals surface area contributed by atoms with Crippen LogP contribution < -0.4 is 15.4 Å². The zero-order chi connectivity index (χ0) is 20.7. The number of amides is 2. The normalized spacial score (nSPS) is 11.0. The van der Waals surface area contributed by atoms with Crippen LogP contribution in [-0.4, -0.2) is 25.0 Å². The van der Waals surface area contributed by atoms with Crippen LogP contribution in [0, 0.1) is 5.82 Å². The van der Waals surface area contributed by atoms with Crippen LogP contribution in [0.1, 0.15) is 12.0 Å². The van der Waals surface area contributed by atoms with Crippen molar-refractivity contribution in [2.75, 3.05) is 11.4 Å². The molecule has 2 amide bonds. The molecular weight excluding hydrogens is 441 g/mol. The Labute approximate surface area is 167 Å². The summed E-state index contributed by atoms with van der Waals surface area (Å²) in [5.41, 5.74) is 5.75. The summed E-state index contributed by atoms with van der Waals surface area (Å²) in [6.07, 6.45) is 2.35. The summed E-state index contributed by atoms with van der Waals surface area (Å²) in [5.74, 6) is -1.74. The van der Waals surface area contributed by atoms with Crippen molar-refractivity contribution >= 4 is 39.5 Å². The van der Waals surface area contributed by atoms with Crippen LogP contribution in [0.2, 0.25) is 0 Å². The van der Waals surface area contributed by atoms with Gasteiger partial charge in [-0.15, -0.1) is 0 Å². The Balaban J connectivity index is 2.28. The van der Waals surface area contributed by atoms with Gasteiger partial charge in [-0.3, -0.25) is 9.59 Å². The van der Waals surface area contributed by atoms with Crippen LogP contribution in [0.4, 0.5) is 18.9 Å². The molecule has 0 aliphatic rings. The summed E-state index contributed by atoms with van der Waals surface area (Å²) in [5, 5.41) is 0. The summed E-state index contributed by atoms with van der Waals surface area (Å²) < 4.78 is 43.3. The van der Waals surface area contributed by atoms with E-state index >= 15 is 0 Å². The quantitative estimate of drug-likeness (QED) is 0.607. The molecule has 28 heavy (non-hydrogen) atoms. The molecule has 0 aliphatic heterocycles. The fourth-order valence-electron chi connectivity index (χ4n) is 2.31. The van der Waals surface area contributed by atoms with Gasteiger partial charge in [0.2, 0.25) is 5.91 Å². The van der Waals surface area contributed by atoms with Crippen LogP contribution in [0.15, 0.2) is 53.0 Å². The Morgan fingerprint density at radius 2 is 1.86 bits per heavy atom. The van der Waals surface area contributed by atoms with Crippen molar-refractivity contribution in [3.63, 3.8) is 0 Å². The Morgan fingerprint density at radius 3 is 2.46 bits per heavy atom. The highest BCUT2D eigenvalue weighted by Gasteiger charge is 2.15. The lowest BCUT2D eigenvalue weighted by atomic mass is 10.1. The van der Waals surface area contributed by atoms with Gasteiger partial charge in [-0.1, -0.05) is 15.9 Å². The van der Waals surface area contributed by atoms with Crippen LogP contribution >= 0.6 is 15.9 Å². The number of benzene rings is 2. The molecule has 2 aromatic carbocycles. The maximum Gasteiger partial charge on any atom is 0.387 e. The third-order valence-electron chi connectivity index (χ3n) is 3.58. The largest absolute Gasteiger partial charge is 0.434 e. The number of ether oxygens (including phenoxy) is 1. The van der Waals surface area contributed by atoms with Gasteiger partial charge in [-0.25, -0.2) is 4.39 Å². The number of rotatable bonds is 8. The van der Waals surface area contributed by atoms with Gasteiger partial charge in [0, 0.05) is 34.8 Å². The van der Waals surface area contributed by atoms with E-state index in [1.54, 1.807) is 0 Å². The highest BCUT2D eigenvalue weighted by molar-refractivity contribution is 9.10. The number of primary amides is 1. The minimum absolute atomic E-state index is 0.0248. The number of nitrogens with two attached hydrogens (primary N) is 1. The van der Waals surface area contributed by atoms with Gasteiger partial charge in [-0.2, -0.15) is 8.78 Å². The fourth-order valence-corrected chi connectivity index (χ4v) is 2.69. The van der Waals surface area contributed by atoms with E-state index in [1.165, 1.54) is 53.4 Å². The minimum atomic E-state index is -3.02. The Hall–Kier alpha value is -2.81. The lowest BCUT2D eigenvalue weighted by molar-refractivity contribution is -0.118. The SMILES string of the molecule is NC(=O)CCN(C(=O)/C=C/c1cc(Br)ccc1OC(F)F)c1ccc(F)cc1. The molecule has 2 rings (SSSR count). The van der Waals surface area contributed by atoms with E-state index in [9.17, 15) is 22.8 Å². The number of carbonyl (C=O) groups excluding carboxylic acids is 2. The first-order valence-electron chi connectivity index (χ1n) is 8.04. The standard InChI is InChI=1S/C19H16BrF3N2O3/c20-13-2-7-16(28-19(22)23)12(11-13)1-8-18(27)25(10-9-17(24)26)15-5-3-14(21)4-6-15/h1-8,11,19H,9-10H2,(H2,24,26)/b8-1+. The molecule has 0 bridgehead atoms. The van der Waals surface area contributed by atoms with E-state index in [4.69, 9.17) is 5.73 Å². The van der Waals surface area contributed by atoms with E-state index in [-0.39, 0.29) is 24.3 Å². The smallest absolute Gasteiger partial charge is 0.387 e. The molecule has 0 unspecified atom stereocenters. The molecule has 9 heteroatoms. The van der Waals surface area contributed by atoms with Crippen molar-refractivity contribution in [3.05, 3.63) is 64.4 Å². The number of alkyl halides is 2. The number of anilines is 1. The summed E-state index contributed by atoms with van der Waals surface area (Å²) in [7, 11) is 0. The van der Waals surface area contributed by atoms with Gasteiger partial charge >= 0.3 is 6.61 Å². The maximum atomic E-state index is 13.1. The van der Waals surface area contributed by atoms with E-state index in [1.807, 2.05) is 0 Å². The molecule has 0 saturated carbocycles. The Kier molecular flexibility index (Phi) is 7.62. The average molecular weight is 457 g/mol. The fraction of sp³-hybridized carbons (Fsp3) is 0.158. The first-order valence-corrected chi connectivity index (χ1v) is 8.83. The second-order valence-corrected chi connectivity index (χ2v) is 6.49. The van der Waals surface area contributed by atoms with Crippen molar-refractivity contribution in [2.45, 2.75) is 13.0 Å². The number of nitrogens with zero attached hydrogens (tertiary/aromatic N) is 1. The Bertz CT molecular complexity index is 873. The van der Waals surface area contributed by atoms with E-state index in [2.05, 4.69) is 20.7 Å². The Morgan fingerprint density at radius 1 is 1.18 bits per heavy atom. The lowest BCUT2D eigenvalue weighted by Crippen LogP contribution is -2.32. The molecule has 148 valence electrons. The summed E-state index contributed by atoms with van der Waals surface area (Å²) in [6.45, 7) is -3.04. The molecule has 0 radical (unpaired) electrons. The number of halogens is 4. The van der Waals surface area contributed by atoms with Gasteiger partial charge in [0.05, 0.1) is 0 Å². The van der Waals surface area contributed by atoms with Gasteiger partial charge in [0.15, 0.2) is 0 Å². The zero-order valence-corrected chi connectivity index (χ0v) is 16.0. The first-order chi connectivity index (χ1) is 13.3. The lowest BCUT2D eigenvalue weighted by Gasteiger charge is -2.21. The molecule has 2 N–H and O–H groups in total. The second-order valence-electron chi connectivity index (χ2n) is 5.58. The van der Waals surface area contributed by atoms with Gasteiger partial charge in [0.25, 0.3) is 5.91 Å². The molecule has 0 saturated heterocycles. The maximum absolute atomic E-state index is 13.1. The molecule has 0 atom stereocenters. The number of carbonyl (C=O) groups is 2. The molecule has 0 aromatic heterocycles. The van der Waals surface area contributed by atoms with Crippen molar-refractivity contribution < 1.29 is 27.5 Å². The van der Waals surface area contributed by atoms with Crippen molar-refractivity contribution in [1.29, 1.82) is 0 Å². The van der Waals surface area contributed by atoms with Gasteiger partial charge < -0.3 is 15.4 Å². The van der Waals surface area contributed by atoms with Crippen LogP contribution in [-0.2, 0) is 9.59 Å². The molecule has 0 spiro atoms. The minimum Gasteiger partial charge on any atom is -0.434 e. The van der Waals surface area contributed by atoms with E-state index in [0.717, 1.165) is 6.08 Å². The predicted octanol–water partition coefficient (Wildman–Crippen LogP) is 4.11. The molecule has 0 aliphatic carbocycles. The second kappa shape index (κ2) is 9.93. The molecule has 2 aromatic rings. The van der Waals surface area contributed by atoms with Crippen LogP contribution in [0.25, 0.3) is 6.08 Å². The predicted molar refractivity (Wildman–Crippen MR) is 102 cm³/mol. The third kappa shape index (κ3) is 6.41. The van der Waals surface area contributed by atoms with E-state index < -0.39 is 24.2 Å². The van der Waals surface area contributed by atoms with Gasteiger partial charge in [-0.05, 0) is 48.5 Å². The zero-order valence-electron chi connectivity index (χ0n) is 14.4. The highest BCUT2D eigenvalue weighted by Crippen LogP contribution is 2.26. The molecular formula is C19H16BrF3N2O3. The van der Waals surface area contributed by atoms with Crippen molar-refractivity contribution in [1.82, 2.24) is 0 Å². The van der Waals surface area contributed by atoms with Crippen molar-refractivity contribution in [2.24, 2.45) is 5.73 Å². The molecule has 0 fully saturated rings. The number of hydrogen-bond donors (Lipinski definition) is 1. The molecule has 5 nitrogen and oxygen atoms in total. The van der Waals surface area contributed by atoms with Crippen LogP contribution in [0.3, 0.4) is 0 Å². The monoisotopic (exact) mass is 456 g/mol. The molecule has 0 heterocycles. The topological polar surface area (TPSA) is 72.6 Å². The van der Waals surface area contributed by atoms with E-state index in [0.29, 0.717) is 10.2 Å². The summed E-state index contributed by atoms with van der Waals surface area (Å²) >= 11 is 3.22. The number of hydrogen-bond acceptors (Lipinski definition) is 3. The average Bonchev–Trinajstić information content (AvgIpc) is 2.63. The summed E-state index contributed by atoms with van der Waals surface area (Å²) in [6, 6.07) is 9.48. The van der Waals surface area contributed by atoms with Gasteiger partial charge in [0.1, 0.15) is 11.6 Å². The van der Waals surface area contributed by atoms with Crippen molar-refractivity contribution in [3.8, 4) is 5.75 Å². The highest BCUT2D eigenvalue weighted by atomic mass is 79.9. The summed E-state index contributed by atoms with van der Waals surface area (Å²) in [4.78, 5) is 24.9. The third-order valence-corrected chi connectivity index (χ3v) is 4.07.